The molecule has 4 aliphatic rings. The number of ether oxygens (including phenoxy) is 1. The zero-order valence-electron chi connectivity index (χ0n) is 17.1. The fourth-order valence-electron chi connectivity index (χ4n) is 4.81. The van der Waals surface area contributed by atoms with Crippen LogP contribution in [0, 0.1) is 0 Å². The first kappa shape index (κ1) is 23.2. The number of hydrogen-bond donors (Lipinski definition) is 1. The minimum Gasteiger partial charge on any atom is -0.475 e. The van der Waals surface area contributed by atoms with E-state index in [0.29, 0.717) is 32.0 Å². The molecule has 3 heterocycles. The first-order valence-corrected chi connectivity index (χ1v) is 10.7. The third kappa shape index (κ3) is 5.43. The molecule has 1 aliphatic carbocycles. The smallest absolute Gasteiger partial charge is 0.475 e. The van der Waals surface area contributed by atoms with E-state index in [1.165, 1.54) is 32.4 Å². The maximum absolute atomic E-state index is 14.4. The molecule has 3 saturated heterocycles. The molecule has 6 nitrogen and oxygen atoms in total. The summed E-state index contributed by atoms with van der Waals surface area (Å²) in [6.07, 6.45) is 3.67. The zero-order valence-corrected chi connectivity index (χ0v) is 17.1. The molecule has 4 rings (SSSR count). The number of carbonyl (C=O) groups excluding carboxylic acids is 1. The van der Waals surface area contributed by atoms with Gasteiger partial charge in [-0.3, -0.25) is 4.79 Å². The Labute approximate surface area is 173 Å². The van der Waals surface area contributed by atoms with Gasteiger partial charge in [-0.1, -0.05) is 0 Å². The van der Waals surface area contributed by atoms with Crippen LogP contribution in [0.1, 0.15) is 57.8 Å². The topological polar surface area (TPSA) is 70.1 Å². The van der Waals surface area contributed by atoms with Crippen LogP contribution in [0.2, 0.25) is 0 Å². The van der Waals surface area contributed by atoms with Crippen molar-refractivity contribution in [3.05, 3.63) is 0 Å². The van der Waals surface area contributed by atoms with Gasteiger partial charge in [-0.2, -0.15) is 13.2 Å². The van der Waals surface area contributed by atoms with Gasteiger partial charge in [0, 0.05) is 19.6 Å². The standard InChI is InChI=1S/C18H29FN2O2.C2HF3O2/c19-18(7-4-8-18)16(22)21-12-9-17(14-21)6-3-5-15(23-17)13-20-10-1-2-11-20;3-2(4,5)1(6)7/h15H,1-14H2;(H,6,7)/t15-,17+;/m0./s1. The van der Waals surface area contributed by atoms with E-state index in [-0.39, 0.29) is 11.5 Å². The average Bonchev–Trinajstić information content (AvgIpc) is 3.29. The molecule has 172 valence electrons. The molecule has 1 saturated carbocycles. The Hall–Kier alpha value is -1.42. The molecule has 2 atom stereocenters. The Morgan fingerprint density at radius 2 is 1.63 bits per heavy atom. The van der Waals surface area contributed by atoms with Crippen LogP contribution in [-0.2, 0) is 14.3 Å². The van der Waals surface area contributed by atoms with Crippen molar-refractivity contribution in [2.45, 2.75) is 81.3 Å². The maximum Gasteiger partial charge on any atom is 0.490 e. The molecule has 1 spiro atoms. The number of nitrogens with zero attached hydrogens (tertiary/aromatic N) is 2. The van der Waals surface area contributed by atoms with Crippen LogP contribution in [0.3, 0.4) is 0 Å². The van der Waals surface area contributed by atoms with Gasteiger partial charge >= 0.3 is 12.1 Å². The minimum absolute atomic E-state index is 0.196. The highest BCUT2D eigenvalue weighted by atomic mass is 19.4. The van der Waals surface area contributed by atoms with Gasteiger partial charge in [0.05, 0.1) is 11.7 Å². The number of hydrogen-bond acceptors (Lipinski definition) is 4. The number of carboxylic acid groups (broad SMARTS) is 1. The molecule has 0 aromatic rings. The number of alkyl halides is 4. The van der Waals surface area contributed by atoms with E-state index in [4.69, 9.17) is 14.6 Å². The SMILES string of the molecule is O=C(N1CC[C@]2(CCC[C@@H](CN3CCCC3)O2)C1)C1(F)CCC1.O=C(O)C(F)(F)F. The van der Waals surface area contributed by atoms with Gasteiger partial charge in [-0.15, -0.1) is 0 Å². The number of amides is 1. The fourth-order valence-corrected chi connectivity index (χ4v) is 4.81. The molecule has 0 radical (unpaired) electrons. The summed E-state index contributed by atoms with van der Waals surface area (Å²) in [5.74, 6) is -3.03. The first-order chi connectivity index (χ1) is 14.0. The second-order valence-corrected chi connectivity index (χ2v) is 8.92. The highest BCUT2D eigenvalue weighted by Gasteiger charge is 2.52. The lowest BCUT2D eigenvalue weighted by Crippen LogP contribution is -2.52. The summed E-state index contributed by atoms with van der Waals surface area (Å²) < 4.78 is 52.6. The Morgan fingerprint density at radius 3 is 2.17 bits per heavy atom. The second kappa shape index (κ2) is 8.98. The van der Waals surface area contributed by atoms with Crippen molar-refractivity contribution in [2.75, 3.05) is 32.7 Å². The van der Waals surface area contributed by atoms with Gasteiger partial charge < -0.3 is 19.6 Å². The van der Waals surface area contributed by atoms with Gasteiger partial charge in [0.2, 0.25) is 0 Å². The normalized spacial score (nSPS) is 31.2. The van der Waals surface area contributed by atoms with Crippen molar-refractivity contribution < 1.29 is 37.0 Å². The monoisotopic (exact) mass is 438 g/mol. The highest BCUT2D eigenvalue weighted by Crippen LogP contribution is 2.42. The van der Waals surface area contributed by atoms with E-state index in [9.17, 15) is 22.4 Å². The van der Waals surface area contributed by atoms with Crippen LogP contribution >= 0.6 is 0 Å². The molecule has 10 heteroatoms. The Kier molecular flexibility index (Phi) is 6.96. The molecule has 3 aliphatic heterocycles. The van der Waals surface area contributed by atoms with Crippen molar-refractivity contribution >= 4 is 11.9 Å². The van der Waals surface area contributed by atoms with Gasteiger partial charge in [-0.05, 0) is 70.9 Å². The van der Waals surface area contributed by atoms with E-state index in [1.807, 2.05) is 0 Å². The summed E-state index contributed by atoms with van der Waals surface area (Å²) in [7, 11) is 0. The number of carboxylic acids is 1. The summed E-state index contributed by atoms with van der Waals surface area (Å²) in [5.41, 5.74) is -1.76. The summed E-state index contributed by atoms with van der Waals surface area (Å²) >= 11 is 0. The third-order valence-corrected chi connectivity index (χ3v) is 6.61. The summed E-state index contributed by atoms with van der Waals surface area (Å²) in [6.45, 7) is 4.70. The van der Waals surface area contributed by atoms with Crippen molar-refractivity contribution in [3.63, 3.8) is 0 Å². The molecule has 30 heavy (non-hydrogen) atoms. The van der Waals surface area contributed by atoms with Crippen LogP contribution in [0.4, 0.5) is 17.6 Å². The molecule has 0 unspecified atom stereocenters. The predicted molar refractivity (Wildman–Crippen MR) is 99.7 cm³/mol. The van der Waals surface area contributed by atoms with Crippen LogP contribution in [-0.4, -0.2) is 83.1 Å². The molecule has 0 aromatic carbocycles. The van der Waals surface area contributed by atoms with Crippen molar-refractivity contribution in [1.82, 2.24) is 9.80 Å². The van der Waals surface area contributed by atoms with Gasteiger partial charge in [-0.25, -0.2) is 9.18 Å². The molecule has 4 fully saturated rings. The van der Waals surface area contributed by atoms with Crippen molar-refractivity contribution in [1.29, 1.82) is 0 Å². The Morgan fingerprint density at radius 1 is 1.00 bits per heavy atom. The summed E-state index contributed by atoms with van der Waals surface area (Å²) in [6, 6.07) is 0. The second-order valence-electron chi connectivity index (χ2n) is 8.92. The average molecular weight is 438 g/mol. The highest BCUT2D eigenvalue weighted by molar-refractivity contribution is 5.86. The molecule has 0 bridgehead atoms. The Bertz CT molecular complexity index is 635. The third-order valence-electron chi connectivity index (χ3n) is 6.61. The molecular formula is C20H30F4N2O4. The maximum atomic E-state index is 14.4. The van der Waals surface area contributed by atoms with Crippen LogP contribution in [0.25, 0.3) is 0 Å². The van der Waals surface area contributed by atoms with Gasteiger partial charge in [0.15, 0.2) is 5.67 Å². The number of carbonyl (C=O) groups is 2. The van der Waals surface area contributed by atoms with E-state index in [2.05, 4.69) is 4.90 Å². The van der Waals surface area contributed by atoms with Gasteiger partial charge in [0.1, 0.15) is 0 Å². The van der Waals surface area contributed by atoms with Crippen LogP contribution in [0.5, 0.6) is 0 Å². The number of aliphatic carboxylic acids is 1. The number of rotatable bonds is 3. The fraction of sp³-hybridized carbons (Fsp3) is 0.900. The van der Waals surface area contributed by atoms with Crippen LogP contribution < -0.4 is 0 Å². The number of likely N-dealkylation sites (tertiary alicyclic amines) is 2. The van der Waals surface area contributed by atoms with Crippen molar-refractivity contribution in [3.8, 4) is 0 Å². The van der Waals surface area contributed by atoms with E-state index in [1.54, 1.807) is 4.90 Å². The summed E-state index contributed by atoms with van der Waals surface area (Å²) in [5, 5.41) is 7.12. The quantitative estimate of drug-likeness (QED) is 0.686. The first-order valence-electron chi connectivity index (χ1n) is 10.7. The van der Waals surface area contributed by atoms with E-state index in [0.717, 1.165) is 32.2 Å². The molecule has 1 amide bonds. The summed E-state index contributed by atoms with van der Waals surface area (Å²) in [4.78, 5) is 25.6. The molecule has 0 aromatic heterocycles. The number of halogens is 4. The predicted octanol–water partition coefficient (Wildman–Crippen LogP) is 3.15. The largest absolute Gasteiger partial charge is 0.490 e. The zero-order chi connectivity index (χ0) is 22.0. The van der Waals surface area contributed by atoms with Crippen molar-refractivity contribution in [2.24, 2.45) is 0 Å². The minimum atomic E-state index is -5.08. The van der Waals surface area contributed by atoms with Crippen LogP contribution in [0.15, 0.2) is 0 Å². The molecule has 1 N–H and O–H groups in total. The lowest BCUT2D eigenvalue weighted by molar-refractivity contribution is -0.192. The Balaban J connectivity index is 0.000000318. The van der Waals surface area contributed by atoms with Gasteiger partial charge in [0.25, 0.3) is 5.91 Å². The molecular weight excluding hydrogens is 408 g/mol. The van der Waals surface area contributed by atoms with E-state index >= 15 is 0 Å². The lowest BCUT2D eigenvalue weighted by atomic mass is 9.81. The van der Waals surface area contributed by atoms with E-state index < -0.39 is 17.8 Å². The lowest BCUT2D eigenvalue weighted by Gasteiger charge is -2.41.